The number of benzene rings is 2. The number of fused-ring (bicyclic) bond motifs is 1. The number of nitrogens with two attached hydrogens (primary N) is 1. The van der Waals surface area contributed by atoms with Crippen molar-refractivity contribution < 1.29 is 4.74 Å². The molecule has 0 aliphatic carbocycles. The number of nitrogens with one attached hydrogen (secondary N) is 1. The van der Waals surface area contributed by atoms with E-state index in [1.165, 1.54) is 0 Å². The van der Waals surface area contributed by atoms with Gasteiger partial charge in [0.25, 0.3) is 0 Å². The molecular formula is C17H16N4OS. The molecule has 116 valence electrons. The Bertz CT molecular complexity index is 933. The minimum atomic E-state index is 0.335. The number of ether oxygens (including phenoxy) is 1. The molecule has 0 saturated heterocycles. The van der Waals surface area contributed by atoms with Crippen LogP contribution in [0.25, 0.3) is 10.8 Å². The molecule has 0 fully saturated rings. The lowest BCUT2D eigenvalue weighted by atomic mass is 10.0. The predicted molar refractivity (Wildman–Crippen MR) is 96.2 cm³/mol. The van der Waals surface area contributed by atoms with Gasteiger partial charge in [-0.25, -0.2) is 4.98 Å². The van der Waals surface area contributed by atoms with Crippen molar-refractivity contribution in [1.29, 1.82) is 0 Å². The van der Waals surface area contributed by atoms with Crippen LogP contribution in [0.5, 0.6) is 5.75 Å². The van der Waals surface area contributed by atoms with E-state index in [0.717, 1.165) is 22.1 Å². The van der Waals surface area contributed by atoms with Crippen molar-refractivity contribution in [2.45, 2.75) is 6.92 Å². The molecule has 0 amide bonds. The summed E-state index contributed by atoms with van der Waals surface area (Å²) in [6.07, 6.45) is 3.30. The maximum absolute atomic E-state index is 5.89. The van der Waals surface area contributed by atoms with Gasteiger partial charge in [0.15, 0.2) is 4.77 Å². The third-order valence-electron chi connectivity index (χ3n) is 3.38. The fourth-order valence-electron chi connectivity index (χ4n) is 2.33. The summed E-state index contributed by atoms with van der Waals surface area (Å²) in [7, 11) is 0. The predicted octanol–water partition coefficient (Wildman–Crippen LogP) is 4.02. The van der Waals surface area contributed by atoms with Crippen molar-refractivity contribution in [3.8, 4) is 5.75 Å². The summed E-state index contributed by atoms with van der Waals surface area (Å²) in [5.41, 5.74) is 7.33. The summed E-state index contributed by atoms with van der Waals surface area (Å²) in [6.45, 7) is 2.54. The van der Waals surface area contributed by atoms with E-state index in [1.54, 1.807) is 12.4 Å². The molecule has 0 spiro atoms. The standard InChI is InChI=1S/C17H16N4OS/c1-2-22-15-8-7-11-5-3-4-6-12(11)13(15)9-19-14-10-20-17(23)21-16(14)18/h3-10H,2H2,1H3,(H3,18,20,21,23). The van der Waals surface area contributed by atoms with Crippen molar-refractivity contribution in [3.05, 3.63) is 52.9 Å². The molecule has 3 aromatic rings. The van der Waals surface area contributed by atoms with Crippen LogP contribution in [0.3, 0.4) is 0 Å². The van der Waals surface area contributed by atoms with Gasteiger partial charge in [0.2, 0.25) is 0 Å². The molecule has 0 radical (unpaired) electrons. The van der Waals surface area contributed by atoms with Crippen LogP contribution >= 0.6 is 12.2 Å². The average molecular weight is 324 g/mol. The van der Waals surface area contributed by atoms with E-state index in [1.807, 2.05) is 37.3 Å². The smallest absolute Gasteiger partial charge is 0.198 e. The lowest BCUT2D eigenvalue weighted by Crippen LogP contribution is -1.97. The highest BCUT2D eigenvalue weighted by Crippen LogP contribution is 2.28. The molecule has 2 aromatic carbocycles. The van der Waals surface area contributed by atoms with Crippen LogP contribution in [0.4, 0.5) is 11.5 Å². The van der Waals surface area contributed by atoms with Crippen LogP contribution in [0, 0.1) is 4.77 Å². The lowest BCUT2D eigenvalue weighted by molar-refractivity contribution is 0.340. The third kappa shape index (κ3) is 3.22. The molecule has 3 N–H and O–H groups in total. The van der Waals surface area contributed by atoms with Gasteiger partial charge in [-0.15, -0.1) is 0 Å². The molecule has 6 heteroatoms. The summed E-state index contributed by atoms with van der Waals surface area (Å²) in [6, 6.07) is 12.1. The van der Waals surface area contributed by atoms with E-state index in [2.05, 4.69) is 21.0 Å². The monoisotopic (exact) mass is 324 g/mol. The number of nitrogen functional groups attached to an aromatic ring is 1. The Morgan fingerprint density at radius 2 is 2.13 bits per heavy atom. The fourth-order valence-corrected chi connectivity index (χ4v) is 2.49. The van der Waals surface area contributed by atoms with Crippen LogP contribution in [-0.4, -0.2) is 22.8 Å². The molecule has 23 heavy (non-hydrogen) atoms. The number of rotatable bonds is 4. The van der Waals surface area contributed by atoms with E-state index in [-0.39, 0.29) is 0 Å². The summed E-state index contributed by atoms with van der Waals surface area (Å²) in [4.78, 5) is 11.2. The molecule has 0 bridgehead atoms. The molecule has 0 aliphatic rings. The Morgan fingerprint density at radius 3 is 2.91 bits per heavy atom. The first-order valence-electron chi connectivity index (χ1n) is 7.22. The second-order valence-electron chi connectivity index (χ2n) is 4.88. The Morgan fingerprint density at radius 1 is 1.30 bits per heavy atom. The second-order valence-corrected chi connectivity index (χ2v) is 5.26. The molecule has 5 nitrogen and oxygen atoms in total. The summed E-state index contributed by atoms with van der Waals surface area (Å²) in [5, 5.41) is 2.19. The van der Waals surface area contributed by atoms with E-state index < -0.39 is 0 Å². The molecule has 1 aromatic heterocycles. The molecule has 0 atom stereocenters. The second kappa shape index (κ2) is 6.58. The molecule has 0 unspecified atom stereocenters. The first-order chi connectivity index (χ1) is 11.2. The number of hydrogen-bond acceptors (Lipinski definition) is 5. The lowest BCUT2D eigenvalue weighted by Gasteiger charge is -2.10. The topological polar surface area (TPSA) is 76.3 Å². The Hall–Kier alpha value is -2.73. The van der Waals surface area contributed by atoms with Gasteiger partial charge in [-0.3, -0.25) is 4.99 Å². The number of anilines is 1. The normalized spacial score (nSPS) is 11.2. The summed E-state index contributed by atoms with van der Waals surface area (Å²) >= 11 is 4.94. The van der Waals surface area contributed by atoms with E-state index in [9.17, 15) is 0 Å². The Kier molecular flexibility index (Phi) is 4.34. The van der Waals surface area contributed by atoms with Crippen molar-refractivity contribution in [2.75, 3.05) is 12.3 Å². The van der Waals surface area contributed by atoms with Crippen LogP contribution < -0.4 is 10.5 Å². The van der Waals surface area contributed by atoms with Crippen LogP contribution in [0.1, 0.15) is 12.5 Å². The molecule has 3 rings (SSSR count). The van der Waals surface area contributed by atoms with Crippen molar-refractivity contribution in [3.63, 3.8) is 0 Å². The number of H-pyrrole nitrogens is 1. The quantitative estimate of drug-likeness (QED) is 0.561. The fraction of sp³-hybridized carbons (Fsp3) is 0.118. The summed E-state index contributed by atoms with van der Waals surface area (Å²) < 4.78 is 6.06. The SMILES string of the molecule is CCOc1ccc2ccccc2c1C=Nc1cnc(=S)[nH]c1N. The van der Waals surface area contributed by atoms with E-state index >= 15 is 0 Å². The third-order valence-corrected chi connectivity index (χ3v) is 3.59. The minimum Gasteiger partial charge on any atom is -0.493 e. The van der Waals surface area contributed by atoms with Gasteiger partial charge in [-0.2, -0.15) is 0 Å². The highest BCUT2D eigenvalue weighted by atomic mass is 32.1. The van der Waals surface area contributed by atoms with Gasteiger partial charge < -0.3 is 15.5 Å². The van der Waals surface area contributed by atoms with Crippen LogP contribution in [0.2, 0.25) is 0 Å². The van der Waals surface area contributed by atoms with Crippen LogP contribution in [0.15, 0.2) is 47.6 Å². The zero-order valence-electron chi connectivity index (χ0n) is 12.6. The number of aliphatic imine (C=N–C) groups is 1. The first-order valence-corrected chi connectivity index (χ1v) is 7.63. The molecule has 1 heterocycles. The Balaban J connectivity index is 2.11. The van der Waals surface area contributed by atoms with Crippen molar-refractivity contribution >= 4 is 40.7 Å². The van der Waals surface area contributed by atoms with Crippen molar-refractivity contribution in [1.82, 2.24) is 9.97 Å². The zero-order valence-corrected chi connectivity index (χ0v) is 13.4. The van der Waals surface area contributed by atoms with Gasteiger partial charge >= 0.3 is 0 Å². The summed E-state index contributed by atoms with van der Waals surface area (Å²) in [5.74, 6) is 1.17. The largest absolute Gasteiger partial charge is 0.493 e. The molecule has 0 saturated carbocycles. The maximum Gasteiger partial charge on any atom is 0.198 e. The zero-order chi connectivity index (χ0) is 16.2. The van der Waals surface area contributed by atoms with E-state index in [4.69, 9.17) is 22.7 Å². The number of nitrogens with zero attached hydrogens (tertiary/aromatic N) is 2. The van der Waals surface area contributed by atoms with Crippen LogP contribution in [-0.2, 0) is 0 Å². The van der Waals surface area contributed by atoms with Gasteiger partial charge in [0, 0.05) is 11.8 Å². The number of aromatic amines is 1. The van der Waals surface area contributed by atoms with Gasteiger partial charge in [0.1, 0.15) is 17.3 Å². The highest BCUT2D eigenvalue weighted by molar-refractivity contribution is 7.71. The van der Waals surface area contributed by atoms with Gasteiger partial charge in [-0.1, -0.05) is 30.3 Å². The minimum absolute atomic E-state index is 0.335. The maximum atomic E-state index is 5.89. The van der Waals surface area contributed by atoms with Crippen molar-refractivity contribution in [2.24, 2.45) is 4.99 Å². The number of aromatic nitrogens is 2. The molecular weight excluding hydrogens is 308 g/mol. The van der Waals surface area contributed by atoms with E-state index in [0.29, 0.717) is 22.9 Å². The van der Waals surface area contributed by atoms with Gasteiger partial charge in [-0.05, 0) is 36.0 Å². The molecule has 0 aliphatic heterocycles. The highest BCUT2D eigenvalue weighted by Gasteiger charge is 2.07. The van der Waals surface area contributed by atoms with Gasteiger partial charge in [0.05, 0.1) is 12.8 Å². The first kappa shape index (κ1) is 15.2. The number of hydrogen-bond donors (Lipinski definition) is 2. The Labute approximate surface area is 138 Å². The average Bonchev–Trinajstić information content (AvgIpc) is 2.55.